The van der Waals surface area contributed by atoms with Crippen LogP contribution in [-0.4, -0.2) is 67.4 Å². The van der Waals surface area contributed by atoms with E-state index in [1.54, 1.807) is 0 Å². The molecule has 124 valence electrons. The molecule has 3 atom stereocenters. The van der Waals surface area contributed by atoms with Crippen molar-refractivity contribution >= 4 is 15.9 Å². The molecule has 0 aromatic heterocycles. The van der Waals surface area contributed by atoms with Crippen molar-refractivity contribution in [2.75, 3.05) is 39.4 Å². The van der Waals surface area contributed by atoms with Crippen molar-refractivity contribution < 1.29 is 10.8 Å². The number of halogens is 1. The summed E-state index contributed by atoms with van der Waals surface area (Å²) >= 11 is 3.70. The maximum Gasteiger partial charge on any atom is 0.0814 e. The van der Waals surface area contributed by atoms with E-state index in [9.17, 15) is 0 Å². The molecule has 0 aromatic carbocycles. The van der Waals surface area contributed by atoms with Crippen molar-refractivity contribution in [1.82, 2.24) is 9.80 Å². The Bertz CT molecular complexity index is 469. The first-order chi connectivity index (χ1) is 11.0. The Hall–Kier alpha value is -0.360. The van der Waals surface area contributed by atoms with Gasteiger partial charge in [-0.1, -0.05) is 6.08 Å². The van der Waals surface area contributed by atoms with E-state index in [0.29, 0.717) is 6.04 Å². The smallest absolute Gasteiger partial charge is 0.0814 e. The van der Waals surface area contributed by atoms with Crippen molar-refractivity contribution in [3.05, 3.63) is 22.3 Å². The van der Waals surface area contributed by atoms with E-state index in [0.717, 1.165) is 50.3 Å². The molecule has 3 heterocycles. The largest absolute Gasteiger partial charge is 0.381 e. The number of nitrogens with zero attached hydrogens (tertiary/aromatic N) is 2. The lowest BCUT2D eigenvalue weighted by atomic mass is 10.0. The Kier molecular flexibility index (Phi) is 5.16. The number of hydrogen-bond donors (Lipinski definition) is 0. The minimum absolute atomic E-state index is 0.279. The van der Waals surface area contributed by atoms with Crippen LogP contribution in [0.2, 0.25) is 0 Å². The van der Waals surface area contributed by atoms with E-state index in [1.807, 2.05) is 0 Å². The third-order valence-corrected chi connectivity index (χ3v) is 5.12. The molecule has 22 heavy (non-hydrogen) atoms. The highest BCUT2D eigenvalue weighted by atomic mass is 79.9. The van der Waals surface area contributed by atoms with Crippen LogP contribution in [0.5, 0.6) is 0 Å². The Labute approximate surface area is 143 Å². The predicted molar refractivity (Wildman–Crippen MR) is 92.1 cm³/mol. The van der Waals surface area contributed by atoms with Crippen LogP contribution >= 0.6 is 15.9 Å². The van der Waals surface area contributed by atoms with Gasteiger partial charge in [-0.05, 0) is 54.3 Å². The Morgan fingerprint density at radius 3 is 2.59 bits per heavy atom. The fourth-order valence-electron chi connectivity index (χ4n) is 3.55. The van der Waals surface area contributed by atoms with Gasteiger partial charge in [0.2, 0.25) is 0 Å². The van der Waals surface area contributed by atoms with Gasteiger partial charge in [0.25, 0.3) is 0 Å². The SMILES string of the molecule is [2H]C1C=C(CN2C[C@@H](C)O[C@@H](C)C2)C=C(Br)N1C1CCOCC1. The molecule has 0 saturated carbocycles. The maximum atomic E-state index is 8.52. The van der Waals surface area contributed by atoms with Crippen molar-refractivity contribution in [2.45, 2.75) is 44.9 Å². The maximum absolute atomic E-state index is 8.52. The van der Waals surface area contributed by atoms with E-state index >= 15 is 0 Å². The predicted octanol–water partition coefficient (Wildman–Crippen LogP) is 2.75. The fourth-order valence-corrected chi connectivity index (χ4v) is 4.25. The zero-order valence-corrected chi connectivity index (χ0v) is 15.1. The van der Waals surface area contributed by atoms with E-state index in [-0.39, 0.29) is 18.7 Å². The van der Waals surface area contributed by atoms with Crippen LogP contribution in [0.1, 0.15) is 28.1 Å². The molecule has 0 bridgehead atoms. The summed E-state index contributed by atoms with van der Waals surface area (Å²) in [5.74, 6) is 0. The Morgan fingerprint density at radius 1 is 1.27 bits per heavy atom. The molecule has 1 unspecified atom stereocenters. The third kappa shape index (κ3) is 4.13. The Balaban J connectivity index is 1.63. The molecule has 0 N–H and O–H groups in total. The number of rotatable bonds is 3. The van der Waals surface area contributed by atoms with E-state index in [1.165, 1.54) is 5.57 Å². The van der Waals surface area contributed by atoms with Gasteiger partial charge in [0, 0.05) is 45.4 Å². The van der Waals surface area contributed by atoms with Gasteiger partial charge >= 0.3 is 0 Å². The fraction of sp³-hybridized carbons (Fsp3) is 0.765. The van der Waals surface area contributed by atoms with Crippen LogP contribution in [0, 0.1) is 0 Å². The van der Waals surface area contributed by atoms with Gasteiger partial charge in [0.1, 0.15) is 0 Å². The molecule has 2 saturated heterocycles. The van der Waals surface area contributed by atoms with E-state index in [4.69, 9.17) is 10.8 Å². The average molecular weight is 372 g/mol. The van der Waals surface area contributed by atoms with Crippen molar-refractivity contribution in [3.63, 3.8) is 0 Å². The zero-order chi connectivity index (χ0) is 16.4. The van der Waals surface area contributed by atoms with Gasteiger partial charge in [-0.25, -0.2) is 0 Å². The summed E-state index contributed by atoms with van der Waals surface area (Å²) in [6.45, 7) is 8.35. The van der Waals surface area contributed by atoms with Crippen molar-refractivity contribution in [1.29, 1.82) is 0 Å². The van der Waals surface area contributed by atoms with Gasteiger partial charge < -0.3 is 14.4 Å². The molecule has 0 spiro atoms. The summed E-state index contributed by atoms with van der Waals surface area (Å²) in [7, 11) is 0. The molecule has 3 aliphatic rings. The third-order valence-electron chi connectivity index (χ3n) is 4.49. The Morgan fingerprint density at radius 2 is 1.95 bits per heavy atom. The summed E-state index contributed by atoms with van der Waals surface area (Å²) in [4.78, 5) is 4.61. The first-order valence-electron chi connectivity index (χ1n) is 8.84. The lowest BCUT2D eigenvalue weighted by Gasteiger charge is -2.38. The summed E-state index contributed by atoms with van der Waals surface area (Å²) in [6, 6.07) is 0.401. The quantitative estimate of drug-likeness (QED) is 0.712. The second kappa shape index (κ2) is 7.47. The van der Waals surface area contributed by atoms with Gasteiger partial charge in [0.15, 0.2) is 0 Å². The first-order valence-corrected chi connectivity index (χ1v) is 9.06. The molecule has 5 heteroatoms. The minimum Gasteiger partial charge on any atom is -0.381 e. The molecular formula is C17H27BrN2O2. The molecule has 0 aliphatic carbocycles. The van der Waals surface area contributed by atoms with E-state index < -0.39 is 0 Å². The second-order valence-electron chi connectivity index (χ2n) is 6.56. The highest BCUT2D eigenvalue weighted by Gasteiger charge is 2.26. The van der Waals surface area contributed by atoms with Crippen LogP contribution in [-0.2, 0) is 9.47 Å². The lowest BCUT2D eigenvalue weighted by Crippen LogP contribution is -2.46. The summed E-state index contributed by atoms with van der Waals surface area (Å²) in [5.41, 5.74) is 1.22. The highest BCUT2D eigenvalue weighted by Crippen LogP contribution is 2.27. The molecule has 4 nitrogen and oxygen atoms in total. The van der Waals surface area contributed by atoms with Crippen LogP contribution in [0.25, 0.3) is 0 Å². The molecule has 3 rings (SSSR count). The summed E-state index contributed by atoms with van der Waals surface area (Å²) < 4.78 is 20.8. The average Bonchev–Trinajstić information content (AvgIpc) is 2.46. The summed E-state index contributed by atoms with van der Waals surface area (Å²) in [5, 5.41) is 0. The number of ether oxygens (including phenoxy) is 2. The van der Waals surface area contributed by atoms with Gasteiger partial charge in [-0.3, -0.25) is 4.90 Å². The molecule has 0 amide bonds. The van der Waals surface area contributed by atoms with E-state index in [2.05, 4.69) is 51.7 Å². The standard InChI is InChI=1S/C17H27BrN2O2/c1-13-10-19(11-14(2)22-13)12-15-3-6-20(17(18)9-15)16-4-7-21-8-5-16/h3,9,13-14,16H,4-8,10-12H2,1-2H3/t13-,14+/i6D/t6?,13-,14+. The number of hydrogen-bond acceptors (Lipinski definition) is 4. The first kappa shape index (κ1) is 15.2. The molecule has 0 radical (unpaired) electrons. The van der Waals surface area contributed by atoms with Gasteiger partial charge in [-0.15, -0.1) is 0 Å². The van der Waals surface area contributed by atoms with Gasteiger partial charge in [0.05, 0.1) is 18.2 Å². The monoisotopic (exact) mass is 371 g/mol. The second-order valence-corrected chi connectivity index (χ2v) is 7.37. The number of morpholine rings is 1. The van der Waals surface area contributed by atoms with Crippen molar-refractivity contribution in [2.24, 2.45) is 0 Å². The van der Waals surface area contributed by atoms with Crippen LogP contribution in [0.4, 0.5) is 0 Å². The van der Waals surface area contributed by atoms with Crippen molar-refractivity contribution in [3.8, 4) is 0 Å². The molecule has 3 aliphatic heterocycles. The van der Waals surface area contributed by atoms with Gasteiger partial charge in [-0.2, -0.15) is 0 Å². The van der Waals surface area contributed by atoms with Crippen LogP contribution in [0.3, 0.4) is 0 Å². The molecule has 0 aromatic rings. The normalized spacial score (nSPS) is 35.9. The molecular weight excluding hydrogens is 344 g/mol. The van der Waals surface area contributed by atoms with Crippen LogP contribution in [0.15, 0.2) is 22.3 Å². The lowest BCUT2D eigenvalue weighted by molar-refractivity contribution is -0.0651. The van der Waals surface area contributed by atoms with Crippen LogP contribution < -0.4 is 0 Å². The molecule has 2 fully saturated rings. The highest BCUT2D eigenvalue weighted by molar-refractivity contribution is 9.11. The summed E-state index contributed by atoms with van der Waals surface area (Å²) in [6.07, 6.45) is 6.83. The topological polar surface area (TPSA) is 24.9 Å². The minimum atomic E-state index is -0.316. The zero-order valence-electron chi connectivity index (χ0n) is 14.5.